The summed E-state index contributed by atoms with van der Waals surface area (Å²) in [7, 11) is 0. The summed E-state index contributed by atoms with van der Waals surface area (Å²) in [4.78, 5) is 23.4. The van der Waals surface area contributed by atoms with Crippen molar-refractivity contribution < 1.29 is 19.4 Å². The maximum atomic E-state index is 11.9. The number of esters is 1. The number of rotatable bonds is 7. The third-order valence-corrected chi connectivity index (χ3v) is 2.29. The molecule has 1 unspecified atom stereocenters. The molecule has 1 amide bonds. The van der Waals surface area contributed by atoms with Crippen LogP contribution in [0.3, 0.4) is 0 Å². The number of amides is 1. The Kier molecular flexibility index (Phi) is 8.53. The lowest BCUT2D eigenvalue weighted by molar-refractivity contribution is -0.148. The predicted octanol–water partition coefficient (Wildman–Crippen LogP) is 1.19. The van der Waals surface area contributed by atoms with Crippen molar-refractivity contribution in [1.82, 2.24) is 5.32 Å². The lowest BCUT2D eigenvalue weighted by Gasteiger charge is -2.15. The predicted molar refractivity (Wildman–Crippen MR) is 73.4 cm³/mol. The zero-order valence-electron chi connectivity index (χ0n) is 12.0. The van der Waals surface area contributed by atoms with Gasteiger partial charge in [0.25, 0.3) is 5.91 Å². The van der Waals surface area contributed by atoms with Crippen molar-refractivity contribution in [1.29, 1.82) is 0 Å². The van der Waals surface area contributed by atoms with Gasteiger partial charge in [-0.3, -0.25) is 4.79 Å². The van der Waals surface area contributed by atoms with Crippen LogP contribution in [0, 0.1) is 5.92 Å². The monoisotopic (exact) mass is 269 g/mol. The lowest BCUT2D eigenvalue weighted by Crippen LogP contribution is -2.44. The quantitative estimate of drug-likeness (QED) is 0.413. The van der Waals surface area contributed by atoms with Crippen molar-refractivity contribution in [3.05, 3.63) is 23.8 Å². The Morgan fingerprint density at radius 3 is 2.42 bits per heavy atom. The Labute approximate surface area is 114 Å². The van der Waals surface area contributed by atoms with E-state index in [1.165, 1.54) is 0 Å². The number of allylic oxidation sites excluding steroid dienone is 2. The summed E-state index contributed by atoms with van der Waals surface area (Å²) >= 11 is 0. The number of carbonyl (C=O) groups is 2. The maximum Gasteiger partial charge on any atom is 0.331 e. The van der Waals surface area contributed by atoms with Crippen LogP contribution in [-0.2, 0) is 14.3 Å². The molecule has 5 heteroatoms. The molecule has 2 N–H and O–H groups in total. The van der Waals surface area contributed by atoms with Crippen LogP contribution in [0.1, 0.15) is 27.7 Å². The molecule has 0 aliphatic heterocycles. The first-order valence-electron chi connectivity index (χ1n) is 6.39. The molecule has 0 aliphatic rings. The Bertz CT molecular complexity index is 358. The number of ether oxygens (including phenoxy) is 1. The first-order chi connectivity index (χ1) is 8.96. The fourth-order valence-electron chi connectivity index (χ4n) is 1.26. The van der Waals surface area contributed by atoms with Crippen LogP contribution in [0.25, 0.3) is 0 Å². The zero-order valence-corrected chi connectivity index (χ0v) is 12.0. The van der Waals surface area contributed by atoms with Crippen LogP contribution < -0.4 is 5.32 Å². The molecule has 0 bridgehead atoms. The SMILES string of the molecule is C/C=C(\C=C/C(C)C)C(=O)NC(CO)C(=O)OCC. The number of nitrogens with one attached hydrogen (secondary N) is 1. The first kappa shape index (κ1) is 17.4. The van der Waals surface area contributed by atoms with E-state index in [4.69, 9.17) is 9.84 Å². The van der Waals surface area contributed by atoms with Crippen molar-refractivity contribution >= 4 is 11.9 Å². The molecular weight excluding hydrogens is 246 g/mol. The summed E-state index contributed by atoms with van der Waals surface area (Å²) in [5, 5.41) is 11.5. The fourth-order valence-corrected chi connectivity index (χ4v) is 1.26. The molecule has 5 nitrogen and oxygen atoms in total. The Balaban J connectivity index is 4.67. The van der Waals surface area contributed by atoms with Crippen molar-refractivity contribution in [2.75, 3.05) is 13.2 Å². The summed E-state index contributed by atoms with van der Waals surface area (Å²) in [6, 6.07) is -1.03. The van der Waals surface area contributed by atoms with E-state index >= 15 is 0 Å². The van der Waals surface area contributed by atoms with E-state index in [1.54, 1.807) is 26.0 Å². The van der Waals surface area contributed by atoms with Gasteiger partial charge in [-0.15, -0.1) is 0 Å². The third-order valence-electron chi connectivity index (χ3n) is 2.29. The van der Waals surface area contributed by atoms with Gasteiger partial charge in [-0.1, -0.05) is 32.1 Å². The summed E-state index contributed by atoms with van der Waals surface area (Å²) in [6.45, 7) is 7.10. The second-order valence-corrected chi connectivity index (χ2v) is 4.31. The number of hydrogen-bond acceptors (Lipinski definition) is 4. The molecule has 0 aliphatic carbocycles. The molecule has 0 saturated carbocycles. The van der Waals surface area contributed by atoms with Gasteiger partial charge in [0.2, 0.25) is 0 Å². The van der Waals surface area contributed by atoms with Gasteiger partial charge in [0.1, 0.15) is 0 Å². The van der Waals surface area contributed by atoms with Crippen molar-refractivity contribution in [2.24, 2.45) is 5.92 Å². The van der Waals surface area contributed by atoms with E-state index in [1.807, 2.05) is 19.9 Å². The van der Waals surface area contributed by atoms with E-state index in [9.17, 15) is 9.59 Å². The molecule has 0 spiro atoms. The van der Waals surface area contributed by atoms with Gasteiger partial charge in [0.05, 0.1) is 13.2 Å². The minimum atomic E-state index is -1.03. The van der Waals surface area contributed by atoms with E-state index in [-0.39, 0.29) is 6.61 Å². The number of aliphatic hydroxyl groups excluding tert-OH is 1. The average Bonchev–Trinajstić information content (AvgIpc) is 2.36. The lowest BCUT2D eigenvalue weighted by atomic mass is 10.1. The molecule has 0 radical (unpaired) electrons. The largest absolute Gasteiger partial charge is 0.464 e. The van der Waals surface area contributed by atoms with Crippen LogP contribution in [0.2, 0.25) is 0 Å². The van der Waals surface area contributed by atoms with Crippen LogP contribution in [0.5, 0.6) is 0 Å². The summed E-state index contributed by atoms with van der Waals surface area (Å²) in [6.07, 6.45) is 5.22. The van der Waals surface area contributed by atoms with E-state index in [0.717, 1.165) is 0 Å². The molecule has 1 atom stereocenters. The highest BCUT2D eigenvalue weighted by molar-refractivity contribution is 5.98. The number of carbonyl (C=O) groups excluding carboxylic acids is 2. The molecule has 19 heavy (non-hydrogen) atoms. The van der Waals surface area contributed by atoms with Crippen LogP contribution in [0.4, 0.5) is 0 Å². The summed E-state index contributed by atoms with van der Waals surface area (Å²) in [5.41, 5.74) is 0.441. The van der Waals surface area contributed by atoms with E-state index < -0.39 is 24.5 Å². The highest BCUT2D eigenvalue weighted by Crippen LogP contribution is 2.03. The van der Waals surface area contributed by atoms with Crippen LogP contribution in [-0.4, -0.2) is 36.2 Å². The average molecular weight is 269 g/mol. The van der Waals surface area contributed by atoms with Crippen molar-refractivity contribution in [3.8, 4) is 0 Å². The molecule has 0 fully saturated rings. The van der Waals surface area contributed by atoms with Crippen molar-refractivity contribution in [3.63, 3.8) is 0 Å². The molecule has 0 rings (SSSR count). The molecule has 0 aromatic heterocycles. The maximum absolute atomic E-state index is 11.9. The van der Waals surface area contributed by atoms with Gasteiger partial charge in [0, 0.05) is 5.57 Å². The van der Waals surface area contributed by atoms with Gasteiger partial charge >= 0.3 is 5.97 Å². The first-order valence-corrected chi connectivity index (χ1v) is 6.39. The zero-order chi connectivity index (χ0) is 14.8. The highest BCUT2D eigenvalue weighted by Gasteiger charge is 2.21. The van der Waals surface area contributed by atoms with Gasteiger partial charge in [-0.25, -0.2) is 4.79 Å². The smallest absolute Gasteiger partial charge is 0.331 e. The van der Waals surface area contributed by atoms with Gasteiger partial charge in [0.15, 0.2) is 6.04 Å². The normalized spacial score (nSPS) is 13.7. The Hall–Kier alpha value is -1.62. The Morgan fingerprint density at radius 2 is 2.00 bits per heavy atom. The van der Waals surface area contributed by atoms with Gasteiger partial charge in [-0.2, -0.15) is 0 Å². The minimum absolute atomic E-state index is 0.203. The van der Waals surface area contributed by atoms with Crippen LogP contribution in [0.15, 0.2) is 23.8 Å². The second-order valence-electron chi connectivity index (χ2n) is 4.31. The minimum Gasteiger partial charge on any atom is -0.464 e. The highest BCUT2D eigenvalue weighted by atomic mass is 16.5. The molecule has 0 aromatic carbocycles. The molecule has 108 valence electrons. The number of aliphatic hydroxyl groups is 1. The van der Waals surface area contributed by atoms with Crippen LogP contribution >= 0.6 is 0 Å². The standard InChI is InChI=1S/C14H23NO4/c1-5-11(8-7-10(3)4)13(17)15-12(9-16)14(18)19-6-2/h5,7-8,10,12,16H,6,9H2,1-4H3,(H,15,17)/b8-7-,11-5+. The molecule has 0 heterocycles. The Morgan fingerprint density at radius 1 is 1.37 bits per heavy atom. The fraction of sp³-hybridized carbons (Fsp3) is 0.571. The topological polar surface area (TPSA) is 75.6 Å². The third kappa shape index (κ3) is 6.76. The molecule has 0 aromatic rings. The second kappa shape index (κ2) is 9.33. The summed E-state index contributed by atoms with van der Waals surface area (Å²) < 4.78 is 4.76. The van der Waals surface area contributed by atoms with Gasteiger partial charge in [-0.05, 0) is 19.8 Å². The molecular formula is C14H23NO4. The van der Waals surface area contributed by atoms with E-state index in [2.05, 4.69) is 5.32 Å². The van der Waals surface area contributed by atoms with E-state index in [0.29, 0.717) is 11.5 Å². The van der Waals surface area contributed by atoms with Crippen molar-refractivity contribution in [2.45, 2.75) is 33.7 Å². The van der Waals surface area contributed by atoms with Gasteiger partial charge < -0.3 is 15.2 Å². The molecule has 0 saturated heterocycles. The summed E-state index contributed by atoms with van der Waals surface area (Å²) in [5.74, 6) is -0.727. The number of hydrogen-bond donors (Lipinski definition) is 2.